The van der Waals surface area contributed by atoms with Crippen molar-refractivity contribution >= 4 is 5.91 Å². The first-order chi connectivity index (χ1) is 8.76. The molecular formula is C14H17NO3. The second-order valence-electron chi connectivity index (χ2n) is 4.89. The minimum atomic E-state index is -0.00597. The molecule has 96 valence electrons. The summed E-state index contributed by atoms with van der Waals surface area (Å²) in [4.78, 5) is 11.9. The Labute approximate surface area is 106 Å². The Balaban J connectivity index is 2.13. The van der Waals surface area contributed by atoms with E-state index < -0.39 is 0 Å². The van der Waals surface area contributed by atoms with E-state index in [0.29, 0.717) is 5.92 Å². The third-order valence-electron chi connectivity index (χ3n) is 4.08. The number of benzene rings is 1. The molecule has 1 aliphatic carbocycles. The van der Waals surface area contributed by atoms with Crippen LogP contribution in [0.1, 0.15) is 23.5 Å². The van der Waals surface area contributed by atoms with Gasteiger partial charge in [0.1, 0.15) is 0 Å². The third-order valence-corrected chi connectivity index (χ3v) is 4.08. The summed E-state index contributed by atoms with van der Waals surface area (Å²) in [6.45, 7) is 0.803. The number of rotatable bonds is 2. The largest absolute Gasteiger partial charge is 0.493 e. The number of amides is 1. The number of hydrogen-bond acceptors (Lipinski definition) is 3. The first-order valence-electron chi connectivity index (χ1n) is 6.27. The highest BCUT2D eigenvalue weighted by molar-refractivity contribution is 5.87. The Bertz CT molecular complexity index is 498. The zero-order valence-electron chi connectivity index (χ0n) is 10.7. The van der Waals surface area contributed by atoms with E-state index in [-0.39, 0.29) is 11.8 Å². The van der Waals surface area contributed by atoms with Gasteiger partial charge in [-0.3, -0.25) is 4.79 Å². The van der Waals surface area contributed by atoms with E-state index in [1.165, 1.54) is 0 Å². The molecule has 18 heavy (non-hydrogen) atoms. The zero-order chi connectivity index (χ0) is 12.7. The molecule has 0 bridgehead atoms. The van der Waals surface area contributed by atoms with Gasteiger partial charge in [-0.25, -0.2) is 0 Å². The van der Waals surface area contributed by atoms with Crippen molar-refractivity contribution in [3.8, 4) is 11.5 Å². The van der Waals surface area contributed by atoms with E-state index in [4.69, 9.17) is 9.47 Å². The fraction of sp³-hybridized carbons (Fsp3) is 0.500. The molecule has 0 aromatic heterocycles. The number of fused-ring (bicyclic) bond motifs is 3. The quantitative estimate of drug-likeness (QED) is 0.861. The summed E-state index contributed by atoms with van der Waals surface area (Å²) in [5.74, 6) is 2.10. The van der Waals surface area contributed by atoms with Crippen LogP contribution in [-0.2, 0) is 11.2 Å². The van der Waals surface area contributed by atoms with Gasteiger partial charge < -0.3 is 14.8 Å². The summed E-state index contributed by atoms with van der Waals surface area (Å²) in [5.41, 5.74) is 2.24. The second kappa shape index (κ2) is 4.19. The van der Waals surface area contributed by atoms with Gasteiger partial charge in [0.25, 0.3) is 0 Å². The molecule has 0 saturated carbocycles. The fourth-order valence-corrected chi connectivity index (χ4v) is 3.22. The fourth-order valence-electron chi connectivity index (χ4n) is 3.22. The van der Waals surface area contributed by atoms with Gasteiger partial charge in [0.2, 0.25) is 5.91 Å². The lowest BCUT2D eigenvalue weighted by Gasteiger charge is -2.28. The zero-order valence-corrected chi connectivity index (χ0v) is 10.7. The Hall–Kier alpha value is -1.71. The van der Waals surface area contributed by atoms with E-state index in [0.717, 1.165) is 42.0 Å². The molecular weight excluding hydrogens is 230 g/mol. The number of methoxy groups -OCH3 is 2. The molecule has 1 fully saturated rings. The second-order valence-corrected chi connectivity index (χ2v) is 4.89. The van der Waals surface area contributed by atoms with Crippen LogP contribution in [0.4, 0.5) is 0 Å². The van der Waals surface area contributed by atoms with Crippen molar-refractivity contribution in [3.05, 3.63) is 23.3 Å². The van der Waals surface area contributed by atoms with Crippen molar-refractivity contribution in [2.75, 3.05) is 20.8 Å². The average molecular weight is 247 g/mol. The van der Waals surface area contributed by atoms with E-state index in [9.17, 15) is 4.79 Å². The Morgan fingerprint density at radius 1 is 1.28 bits per heavy atom. The van der Waals surface area contributed by atoms with Gasteiger partial charge in [0.05, 0.1) is 20.1 Å². The van der Waals surface area contributed by atoms with Crippen molar-refractivity contribution in [2.45, 2.75) is 18.8 Å². The number of nitrogens with one attached hydrogen (secondary N) is 1. The molecule has 1 aromatic carbocycles. The van der Waals surface area contributed by atoms with Gasteiger partial charge in [0, 0.05) is 12.1 Å². The van der Waals surface area contributed by atoms with Crippen molar-refractivity contribution < 1.29 is 14.3 Å². The van der Waals surface area contributed by atoms with Crippen LogP contribution in [0.15, 0.2) is 12.1 Å². The topological polar surface area (TPSA) is 47.6 Å². The van der Waals surface area contributed by atoms with Crippen LogP contribution in [0.3, 0.4) is 0 Å². The molecule has 2 aliphatic rings. The van der Waals surface area contributed by atoms with Crippen LogP contribution < -0.4 is 14.8 Å². The monoisotopic (exact) mass is 247 g/mol. The SMILES string of the molecule is COc1ccc2c(c1OC)CC[C@@H]1CNC(=O)[C@@H]21. The normalized spacial score (nSPS) is 25.1. The molecule has 1 amide bonds. The summed E-state index contributed by atoms with van der Waals surface area (Å²) >= 11 is 0. The van der Waals surface area contributed by atoms with Crippen molar-refractivity contribution in [3.63, 3.8) is 0 Å². The van der Waals surface area contributed by atoms with Crippen molar-refractivity contribution in [1.29, 1.82) is 0 Å². The number of carbonyl (C=O) groups excluding carboxylic acids is 1. The number of hydrogen-bond donors (Lipinski definition) is 1. The van der Waals surface area contributed by atoms with Crippen LogP contribution in [0.2, 0.25) is 0 Å². The summed E-state index contributed by atoms with van der Waals surface area (Å²) < 4.78 is 10.8. The standard InChI is InChI=1S/C14H17NO3/c1-17-11-6-5-9-10(13(11)18-2)4-3-8-7-15-14(16)12(8)9/h5-6,8,12H,3-4,7H2,1-2H3,(H,15,16)/t8-,12-/m1/s1. The van der Waals surface area contributed by atoms with Crippen molar-refractivity contribution in [1.82, 2.24) is 5.32 Å². The molecule has 3 rings (SSSR count). The Morgan fingerprint density at radius 2 is 2.11 bits per heavy atom. The highest BCUT2D eigenvalue weighted by atomic mass is 16.5. The van der Waals surface area contributed by atoms with E-state index in [1.807, 2.05) is 12.1 Å². The Morgan fingerprint density at radius 3 is 2.83 bits per heavy atom. The first kappa shape index (κ1) is 11.4. The van der Waals surface area contributed by atoms with Crippen LogP contribution in [0, 0.1) is 5.92 Å². The molecule has 1 N–H and O–H groups in total. The molecule has 0 unspecified atom stereocenters. The van der Waals surface area contributed by atoms with Crippen LogP contribution >= 0.6 is 0 Å². The predicted octanol–water partition coefficient (Wildman–Crippen LogP) is 1.48. The lowest BCUT2D eigenvalue weighted by molar-refractivity contribution is -0.120. The maximum absolute atomic E-state index is 11.9. The lowest BCUT2D eigenvalue weighted by atomic mass is 9.76. The van der Waals surface area contributed by atoms with Gasteiger partial charge in [-0.05, 0) is 30.4 Å². The molecule has 1 aromatic rings. The lowest BCUT2D eigenvalue weighted by Crippen LogP contribution is -2.23. The van der Waals surface area contributed by atoms with Crippen molar-refractivity contribution in [2.24, 2.45) is 5.92 Å². The molecule has 1 saturated heterocycles. The smallest absolute Gasteiger partial charge is 0.227 e. The van der Waals surface area contributed by atoms with E-state index in [2.05, 4.69) is 5.32 Å². The molecule has 0 radical (unpaired) electrons. The van der Waals surface area contributed by atoms with E-state index >= 15 is 0 Å². The van der Waals surface area contributed by atoms with Gasteiger partial charge in [-0.2, -0.15) is 0 Å². The maximum Gasteiger partial charge on any atom is 0.227 e. The molecule has 4 nitrogen and oxygen atoms in total. The number of ether oxygens (including phenoxy) is 2. The van der Waals surface area contributed by atoms with Gasteiger partial charge in [-0.15, -0.1) is 0 Å². The highest BCUT2D eigenvalue weighted by Crippen LogP contribution is 2.45. The van der Waals surface area contributed by atoms with Gasteiger partial charge >= 0.3 is 0 Å². The summed E-state index contributed by atoms with van der Waals surface area (Å²) in [6, 6.07) is 3.91. The van der Waals surface area contributed by atoms with Crippen LogP contribution in [0.25, 0.3) is 0 Å². The maximum atomic E-state index is 11.9. The molecule has 1 heterocycles. The first-order valence-corrected chi connectivity index (χ1v) is 6.27. The minimum absolute atomic E-state index is 0.00597. The Kier molecular flexibility index (Phi) is 2.65. The molecule has 1 aliphatic heterocycles. The summed E-state index contributed by atoms with van der Waals surface area (Å²) in [6.07, 6.45) is 1.98. The van der Waals surface area contributed by atoms with E-state index in [1.54, 1.807) is 14.2 Å². The van der Waals surface area contributed by atoms with Crippen LogP contribution in [0.5, 0.6) is 11.5 Å². The summed E-state index contributed by atoms with van der Waals surface area (Å²) in [5, 5.41) is 2.96. The molecule has 0 spiro atoms. The minimum Gasteiger partial charge on any atom is -0.493 e. The molecule has 2 atom stereocenters. The highest BCUT2D eigenvalue weighted by Gasteiger charge is 2.40. The summed E-state index contributed by atoms with van der Waals surface area (Å²) in [7, 11) is 3.29. The van der Waals surface area contributed by atoms with Gasteiger partial charge in [0.15, 0.2) is 11.5 Å². The average Bonchev–Trinajstić information content (AvgIpc) is 2.79. The van der Waals surface area contributed by atoms with Gasteiger partial charge in [-0.1, -0.05) is 6.07 Å². The third kappa shape index (κ3) is 1.48. The number of carbonyl (C=O) groups is 1. The predicted molar refractivity (Wildman–Crippen MR) is 67.1 cm³/mol. The van der Waals surface area contributed by atoms with Crippen LogP contribution in [-0.4, -0.2) is 26.7 Å². The molecule has 4 heteroatoms.